The molecule has 2 aliphatic heterocycles. The number of hydrogen-bond donors (Lipinski definition) is 0. The van der Waals surface area contributed by atoms with Crippen LogP contribution >= 0.6 is 0 Å². The molecule has 2 aliphatic rings. The second-order valence-electron chi connectivity index (χ2n) is 6.47. The number of amides is 1. The molecule has 6 nitrogen and oxygen atoms in total. The van der Waals surface area contributed by atoms with E-state index < -0.39 is 0 Å². The first-order valence-corrected chi connectivity index (χ1v) is 7.96. The summed E-state index contributed by atoms with van der Waals surface area (Å²) in [7, 11) is 0. The Morgan fingerprint density at radius 2 is 2.30 bits per heavy atom. The summed E-state index contributed by atoms with van der Waals surface area (Å²) in [6.45, 7) is 2.77. The first kappa shape index (κ1) is 14.4. The smallest absolute Gasteiger partial charge is 0.223 e. The number of aromatic nitrogens is 2. The average molecular weight is 313 g/mol. The fourth-order valence-corrected chi connectivity index (χ4v) is 3.44. The van der Waals surface area contributed by atoms with Crippen LogP contribution in [-0.2, 0) is 16.1 Å². The van der Waals surface area contributed by atoms with Gasteiger partial charge in [0.15, 0.2) is 5.76 Å². The van der Waals surface area contributed by atoms with E-state index in [0.717, 1.165) is 43.9 Å². The van der Waals surface area contributed by atoms with Crippen molar-refractivity contribution in [3.05, 3.63) is 36.4 Å². The van der Waals surface area contributed by atoms with Crippen molar-refractivity contribution in [2.24, 2.45) is 5.41 Å². The summed E-state index contributed by atoms with van der Waals surface area (Å²) in [6.07, 6.45) is 6.03. The van der Waals surface area contributed by atoms with Gasteiger partial charge >= 0.3 is 0 Å². The summed E-state index contributed by atoms with van der Waals surface area (Å²) in [5.74, 6) is 0.884. The Labute approximate surface area is 134 Å². The summed E-state index contributed by atoms with van der Waals surface area (Å²) >= 11 is 0. The fourth-order valence-electron chi connectivity index (χ4n) is 3.44. The predicted octanol–water partition coefficient (Wildman–Crippen LogP) is 2.27. The Bertz CT molecular complexity index is 692. The van der Waals surface area contributed by atoms with Gasteiger partial charge in [-0.2, -0.15) is 0 Å². The molecule has 0 N–H and O–H groups in total. The molecule has 0 saturated carbocycles. The lowest BCUT2D eigenvalue weighted by molar-refractivity contribution is -0.138. The SMILES string of the molecule is O=C1CCC2(CCOC2)CN1Cc1cc(-c2cccnc2)no1. The summed E-state index contributed by atoms with van der Waals surface area (Å²) in [4.78, 5) is 18.2. The summed E-state index contributed by atoms with van der Waals surface area (Å²) in [5.41, 5.74) is 1.80. The molecule has 4 heterocycles. The van der Waals surface area contributed by atoms with E-state index >= 15 is 0 Å². The number of piperidine rings is 1. The third-order valence-electron chi connectivity index (χ3n) is 4.80. The average Bonchev–Trinajstić information content (AvgIpc) is 3.22. The largest absolute Gasteiger partial charge is 0.381 e. The number of carbonyl (C=O) groups is 1. The molecule has 4 rings (SSSR count). The number of likely N-dealkylation sites (tertiary alicyclic amines) is 1. The van der Waals surface area contributed by atoms with Gasteiger partial charge in [-0.25, -0.2) is 0 Å². The molecule has 2 aromatic heterocycles. The Hall–Kier alpha value is -2.21. The molecule has 2 aromatic rings. The highest BCUT2D eigenvalue weighted by atomic mass is 16.5. The second kappa shape index (κ2) is 5.77. The molecule has 1 unspecified atom stereocenters. The van der Waals surface area contributed by atoms with Crippen molar-refractivity contribution in [1.82, 2.24) is 15.0 Å². The van der Waals surface area contributed by atoms with Gasteiger partial charge in [0, 0.05) is 49.0 Å². The van der Waals surface area contributed by atoms with Gasteiger partial charge in [-0.15, -0.1) is 0 Å². The lowest BCUT2D eigenvalue weighted by atomic mass is 9.79. The van der Waals surface area contributed by atoms with E-state index in [1.54, 1.807) is 12.4 Å². The minimum Gasteiger partial charge on any atom is -0.381 e. The topological polar surface area (TPSA) is 68.5 Å². The van der Waals surface area contributed by atoms with Gasteiger partial charge in [0.05, 0.1) is 13.2 Å². The number of nitrogens with zero attached hydrogens (tertiary/aromatic N) is 3. The summed E-state index contributed by atoms with van der Waals surface area (Å²) < 4.78 is 11.0. The minimum absolute atomic E-state index is 0.139. The van der Waals surface area contributed by atoms with E-state index in [2.05, 4.69) is 10.1 Å². The van der Waals surface area contributed by atoms with Gasteiger partial charge in [-0.1, -0.05) is 5.16 Å². The van der Waals surface area contributed by atoms with Crippen LogP contribution in [-0.4, -0.2) is 40.7 Å². The Kier molecular flexibility index (Phi) is 3.61. The van der Waals surface area contributed by atoms with Crippen LogP contribution in [0.25, 0.3) is 11.3 Å². The molecule has 23 heavy (non-hydrogen) atoms. The van der Waals surface area contributed by atoms with Crippen LogP contribution in [0.2, 0.25) is 0 Å². The number of ether oxygens (including phenoxy) is 1. The maximum absolute atomic E-state index is 12.2. The van der Waals surface area contributed by atoms with Gasteiger partial charge in [0.2, 0.25) is 5.91 Å². The lowest BCUT2D eigenvalue weighted by Gasteiger charge is -2.38. The maximum atomic E-state index is 12.2. The highest BCUT2D eigenvalue weighted by Crippen LogP contribution is 2.38. The molecule has 2 saturated heterocycles. The molecule has 0 aromatic carbocycles. The molecule has 2 fully saturated rings. The van der Waals surface area contributed by atoms with E-state index in [4.69, 9.17) is 9.26 Å². The van der Waals surface area contributed by atoms with Crippen molar-refractivity contribution in [2.45, 2.75) is 25.8 Å². The normalized spacial score (nSPS) is 24.5. The van der Waals surface area contributed by atoms with Crippen LogP contribution in [0, 0.1) is 5.41 Å². The zero-order valence-electron chi connectivity index (χ0n) is 12.9. The first-order valence-electron chi connectivity index (χ1n) is 7.96. The molecule has 1 spiro atoms. The second-order valence-corrected chi connectivity index (χ2v) is 6.47. The first-order chi connectivity index (χ1) is 11.2. The molecule has 1 amide bonds. The summed E-state index contributed by atoms with van der Waals surface area (Å²) in [6, 6.07) is 5.68. The van der Waals surface area contributed by atoms with E-state index in [9.17, 15) is 4.79 Å². The highest BCUT2D eigenvalue weighted by Gasteiger charge is 2.41. The molecule has 6 heteroatoms. The monoisotopic (exact) mass is 313 g/mol. The Morgan fingerprint density at radius 1 is 1.35 bits per heavy atom. The molecule has 1 atom stereocenters. The van der Waals surface area contributed by atoms with E-state index in [1.807, 2.05) is 23.1 Å². The van der Waals surface area contributed by atoms with Crippen LogP contribution in [0.5, 0.6) is 0 Å². The van der Waals surface area contributed by atoms with E-state index in [-0.39, 0.29) is 11.3 Å². The standard InChI is InChI=1S/C17H19N3O3/c21-16-3-4-17(5-7-22-12-17)11-20(16)10-14-8-15(19-23-14)13-2-1-6-18-9-13/h1-2,6,8-9H,3-5,7,10-12H2. The zero-order valence-corrected chi connectivity index (χ0v) is 12.9. The highest BCUT2D eigenvalue weighted by molar-refractivity contribution is 5.77. The van der Waals surface area contributed by atoms with Gasteiger partial charge in [-0.3, -0.25) is 9.78 Å². The molecule has 120 valence electrons. The van der Waals surface area contributed by atoms with E-state index in [1.165, 1.54) is 0 Å². The van der Waals surface area contributed by atoms with Crippen LogP contribution in [0.3, 0.4) is 0 Å². The molecule has 0 radical (unpaired) electrons. The molecule has 0 aliphatic carbocycles. The Morgan fingerprint density at radius 3 is 3.09 bits per heavy atom. The Balaban J connectivity index is 1.49. The summed E-state index contributed by atoms with van der Waals surface area (Å²) in [5, 5.41) is 4.09. The minimum atomic E-state index is 0.139. The number of hydrogen-bond acceptors (Lipinski definition) is 5. The van der Waals surface area contributed by atoms with Gasteiger partial charge in [-0.05, 0) is 25.0 Å². The van der Waals surface area contributed by atoms with Crippen molar-refractivity contribution in [1.29, 1.82) is 0 Å². The van der Waals surface area contributed by atoms with Crippen molar-refractivity contribution >= 4 is 5.91 Å². The third kappa shape index (κ3) is 2.86. The van der Waals surface area contributed by atoms with Crippen molar-refractivity contribution in [2.75, 3.05) is 19.8 Å². The fraction of sp³-hybridized carbons (Fsp3) is 0.471. The molecular weight excluding hydrogens is 294 g/mol. The number of pyridine rings is 1. The molecule has 0 bridgehead atoms. The predicted molar refractivity (Wildman–Crippen MR) is 82.3 cm³/mol. The molecular formula is C17H19N3O3. The number of rotatable bonds is 3. The van der Waals surface area contributed by atoms with Crippen LogP contribution in [0.1, 0.15) is 25.0 Å². The van der Waals surface area contributed by atoms with Crippen LogP contribution in [0.15, 0.2) is 35.1 Å². The van der Waals surface area contributed by atoms with Gasteiger partial charge < -0.3 is 14.2 Å². The third-order valence-corrected chi connectivity index (χ3v) is 4.80. The van der Waals surface area contributed by atoms with Crippen molar-refractivity contribution in [3.8, 4) is 11.3 Å². The zero-order chi connectivity index (χ0) is 15.7. The quantitative estimate of drug-likeness (QED) is 0.869. The van der Waals surface area contributed by atoms with Crippen LogP contribution < -0.4 is 0 Å². The van der Waals surface area contributed by atoms with Crippen molar-refractivity contribution in [3.63, 3.8) is 0 Å². The number of carbonyl (C=O) groups excluding carboxylic acids is 1. The lowest BCUT2D eigenvalue weighted by Crippen LogP contribution is -2.46. The van der Waals surface area contributed by atoms with Gasteiger partial charge in [0.25, 0.3) is 0 Å². The van der Waals surface area contributed by atoms with Crippen LogP contribution in [0.4, 0.5) is 0 Å². The maximum Gasteiger partial charge on any atom is 0.223 e. The van der Waals surface area contributed by atoms with Crippen molar-refractivity contribution < 1.29 is 14.1 Å². The van der Waals surface area contributed by atoms with E-state index in [0.29, 0.717) is 18.7 Å². The van der Waals surface area contributed by atoms with Gasteiger partial charge in [0.1, 0.15) is 5.69 Å².